The average Bonchev–Trinajstić information content (AvgIpc) is 2.70. The number of carboxylic acids is 1. The first-order valence-corrected chi connectivity index (χ1v) is 10.2. The van der Waals surface area contributed by atoms with E-state index in [2.05, 4.69) is 15.2 Å². The van der Waals surface area contributed by atoms with E-state index in [1.165, 1.54) is 36.5 Å². The van der Waals surface area contributed by atoms with Crippen LogP contribution in [0.4, 0.5) is 11.4 Å². The molecule has 0 heterocycles. The van der Waals surface area contributed by atoms with Crippen molar-refractivity contribution in [3.63, 3.8) is 0 Å². The van der Waals surface area contributed by atoms with Crippen LogP contribution in [0.3, 0.4) is 0 Å². The monoisotopic (exact) mass is 429 g/mol. The number of carbonyl (C=O) groups is 1. The van der Waals surface area contributed by atoms with Gasteiger partial charge in [-0.25, -0.2) is 13.2 Å². The van der Waals surface area contributed by atoms with Gasteiger partial charge in [0.25, 0.3) is 10.0 Å². The van der Waals surface area contributed by atoms with E-state index >= 15 is 0 Å². The van der Waals surface area contributed by atoms with Gasteiger partial charge in [0.1, 0.15) is 0 Å². The standard InChI is InChI=1S/C20H16ClN3O4S/c21-15-5-11-18(12-6-15)29(27,28)24-17-9-7-16(8-10-17)23-22-13-14-3-1-2-4-19(14)20(25)26/h1-13,23-24H,(H,25,26)/b22-13+. The minimum atomic E-state index is -3.72. The second-order valence-electron chi connectivity index (χ2n) is 5.90. The maximum absolute atomic E-state index is 12.4. The fourth-order valence-corrected chi connectivity index (χ4v) is 3.61. The topological polar surface area (TPSA) is 108 Å². The Hall–Kier alpha value is -3.36. The van der Waals surface area contributed by atoms with Crippen LogP contribution in [0.1, 0.15) is 15.9 Å². The molecular formula is C20H16ClN3O4S. The van der Waals surface area contributed by atoms with E-state index in [9.17, 15) is 13.2 Å². The lowest BCUT2D eigenvalue weighted by molar-refractivity contribution is 0.0696. The Morgan fingerprint density at radius 1 is 0.931 bits per heavy atom. The van der Waals surface area contributed by atoms with Crippen LogP contribution in [-0.2, 0) is 10.0 Å². The average molecular weight is 430 g/mol. The number of aromatic carboxylic acids is 1. The molecule has 0 saturated heterocycles. The molecule has 3 rings (SSSR count). The zero-order valence-electron chi connectivity index (χ0n) is 14.9. The highest BCUT2D eigenvalue weighted by Gasteiger charge is 2.13. The second kappa shape index (κ2) is 8.76. The molecule has 0 bridgehead atoms. The van der Waals surface area contributed by atoms with Gasteiger partial charge in [-0.15, -0.1) is 0 Å². The number of anilines is 2. The Morgan fingerprint density at radius 3 is 2.21 bits per heavy atom. The number of benzene rings is 3. The van der Waals surface area contributed by atoms with Gasteiger partial charge in [0.15, 0.2) is 0 Å². The molecule has 0 aliphatic rings. The lowest BCUT2D eigenvalue weighted by Gasteiger charge is -2.09. The molecule has 0 fully saturated rings. The molecule has 0 aromatic heterocycles. The van der Waals surface area contributed by atoms with Crippen molar-refractivity contribution in [3.05, 3.63) is 88.9 Å². The predicted molar refractivity (Wildman–Crippen MR) is 113 cm³/mol. The van der Waals surface area contributed by atoms with Crippen LogP contribution in [0.2, 0.25) is 5.02 Å². The number of hydrogen-bond donors (Lipinski definition) is 3. The maximum Gasteiger partial charge on any atom is 0.336 e. The molecule has 0 aliphatic heterocycles. The van der Waals surface area contributed by atoms with Crippen molar-refractivity contribution in [1.29, 1.82) is 0 Å². The van der Waals surface area contributed by atoms with E-state index in [1.54, 1.807) is 42.5 Å². The molecule has 7 nitrogen and oxygen atoms in total. The van der Waals surface area contributed by atoms with Crippen LogP contribution < -0.4 is 10.1 Å². The summed E-state index contributed by atoms with van der Waals surface area (Å²) >= 11 is 5.78. The van der Waals surface area contributed by atoms with E-state index in [0.29, 0.717) is 22.0 Å². The number of hydrazone groups is 1. The van der Waals surface area contributed by atoms with Crippen molar-refractivity contribution < 1.29 is 18.3 Å². The van der Waals surface area contributed by atoms with Gasteiger partial charge in [0.2, 0.25) is 0 Å². The van der Waals surface area contributed by atoms with Crippen LogP contribution in [0, 0.1) is 0 Å². The Bertz CT molecular complexity index is 1150. The highest BCUT2D eigenvalue weighted by molar-refractivity contribution is 7.92. The second-order valence-corrected chi connectivity index (χ2v) is 8.02. The normalized spacial score (nSPS) is 11.3. The van der Waals surface area contributed by atoms with Gasteiger partial charge in [0, 0.05) is 16.3 Å². The largest absolute Gasteiger partial charge is 0.478 e. The molecule has 3 aromatic carbocycles. The maximum atomic E-state index is 12.4. The lowest BCUT2D eigenvalue weighted by atomic mass is 10.1. The number of rotatable bonds is 7. The molecule has 0 aliphatic carbocycles. The zero-order chi connectivity index (χ0) is 20.9. The van der Waals surface area contributed by atoms with E-state index in [-0.39, 0.29) is 10.5 Å². The highest BCUT2D eigenvalue weighted by atomic mass is 35.5. The van der Waals surface area contributed by atoms with Crippen LogP contribution in [0.25, 0.3) is 0 Å². The molecule has 0 radical (unpaired) electrons. The molecule has 0 spiro atoms. The summed E-state index contributed by atoms with van der Waals surface area (Å²) in [5, 5.41) is 13.6. The summed E-state index contributed by atoms with van der Waals surface area (Å²) in [5.41, 5.74) is 4.35. The van der Waals surface area contributed by atoms with E-state index in [4.69, 9.17) is 16.7 Å². The molecule has 0 unspecified atom stereocenters. The van der Waals surface area contributed by atoms with Crippen molar-refractivity contribution in [3.8, 4) is 0 Å². The predicted octanol–water partition coefficient (Wildman–Crippen LogP) is 4.29. The first kappa shape index (κ1) is 20.4. The van der Waals surface area contributed by atoms with Gasteiger partial charge >= 0.3 is 5.97 Å². The Kier molecular flexibility index (Phi) is 6.16. The van der Waals surface area contributed by atoms with E-state index in [0.717, 1.165) is 0 Å². The summed E-state index contributed by atoms with van der Waals surface area (Å²) in [5.74, 6) is -1.04. The molecular weight excluding hydrogens is 414 g/mol. The fourth-order valence-electron chi connectivity index (χ4n) is 2.42. The summed E-state index contributed by atoms with van der Waals surface area (Å²) in [6.07, 6.45) is 1.40. The number of sulfonamides is 1. The zero-order valence-corrected chi connectivity index (χ0v) is 16.5. The SMILES string of the molecule is O=C(O)c1ccccc1/C=N/Nc1ccc(NS(=O)(=O)c2ccc(Cl)cc2)cc1. The van der Waals surface area contributed by atoms with Gasteiger partial charge in [-0.2, -0.15) is 5.10 Å². The van der Waals surface area contributed by atoms with Gasteiger partial charge < -0.3 is 5.11 Å². The molecule has 0 amide bonds. The third-order valence-corrected chi connectivity index (χ3v) is 5.50. The number of nitrogens with one attached hydrogen (secondary N) is 2. The first-order chi connectivity index (χ1) is 13.8. The number of carboxylic acid groups (broad SMARTS) is 1. The van der Waals surface area contributed by atoms with Crippen molar-refractivity contribution in [2.45, 2.75) is 4.90 Å². The van der Waals surface area contributed by atoms with Crippen molar-refractivity contribution in [2.75, 3.05) is 10.1 Å². The van der Waals surface area contributed by atoms with Gasteiger partial charge in [-0.05, 0) is 54.6 Å². The molecule has 29 heavy (non-hydrogen) atoms. The van der Waals surface area contributed by atoms with Gasteiger partial charge in [-0.1, -0.05) is 29.8 Å². The van der Waals surface area contributed by atoms with E-state index < -0.39 is 16.0 Å². The smallest absolute Gasteiger partial charge is 0.336 e. The number of halogens is 1. The summed E-state index contributed by atoms with van der Waals surface area (Å²) in [7, 11) is -3.72. The number of nitrogens with zero attached hydrogens (tertiary/aromatic N) is 1. The Balaban J connectivity index is 1.66. The molecule has 0 atom stereocenters. The molecule has 9 heteroatoms. The molecule has 3 N–H and O–H groups in total. The van der Waals surface area contributed by atoms with Crippen LogP contribution in [0.5, 0.6) is 0 Å². The van der Waals surface area contributed by atoms with Crippen molar-refractivity contribution in [2.24, 2.45) is 5.10 Å². The highest BCUT2D eigenvalue weighted by Crippen LogP contribution is 2.20. The van der Waals surface area contributed by atoms with Crippen LogP contribution in [0.15, 0.2) is 82.8 Å². The Morgan fingerprint density at radius 2 is 1.55 bits per heavy atom. The van der Waals surface area contributed by atoms with Crippen LogP contribution >= 0.6 is 11.6 Å². The molecule has 148 valence electrons. The summed E-state index contributed by atoms with van der Waals surface area (Å²) in [6, 6.07) is 18.8. The third-order valence-electron chi connectivity index (χ3n) is 3.85. The lowest BCUT2D eigenvalue weighted by Crippen LogP contribution is -2.12. The quantitative estimate of drug-likeness (QED) is 0.383. The van der Waals surface area contributed by atoms with Crippen molar-refractivity contribution >= 4 is 45.2 Å². The third kappa shape index (κ3) is 5.34. The minimum absolute atomic E-state index is 0.103. The van der Waals surface area contributed by atoms with Crippen molar-refractivity contribution in [1.82, 2.24) is 0 Å². The van der Waals surface area contributed by atoms with Gasteiger partial charge in [0.05, 0.1) is 22.4 Å². The molecule has 0 saturated carbocycles. The number of hydrogen-bond acceptors (Lipinski definition) is 5. The fraction of sp³-hybridized carbons (Fsp3) is 0. The molecule has 3 aromatic rings. The summed E-state index contributed by atoms with van der Waals surface area (Å²) < 4.78 is 27.2. The van der Waals surface area contributed by atoms with E-state index in [1.807, 2.05) is 0 Å². The van der Waals surface area contributed by atoms with Crippen LogP contribution in [-0.4, -0.2) is 25.7 Å². The summed E-state index contributed by atoms with van der Waals surface area (Å²) in [4.78, 5) is 11.3. The van der Waals surface area contributed by atoms with Gasteiger partial charge in [-0.3, -0.25) is 10.1 Å². The first-order valence-electron chi connectivity index (χ1n) is 8.35. The summed E-state index contributed by atoms with van der Waals surface area (Å²) in [6.45, 7) is 0. The minimum Gasteiger partial charge on any atom is -0.478 e. The Labute approximate surface area is 172 Å².